The number of hydrogen-bond donors (Lipinski definition) is 1. The zero-order valence-electron chi connectivity index (χ0n) is 11.8. The minimum atomic E-state index is 0.0993. The highest BCUT2D eigenvalue weighted by Crippen LogP contribution is 2.26. The van der Waals surface area contributed by atoms with Gasteiger partial charge in [-0.25, -0.2) is 0 Å². The fourth-order valence-electron chi connectivity index (χ4n) is 2.89. The molecule has 6 heteroatoms. The molecule has 0 amide bonds. The van der Waals surface area contributed by atoms with Crippen LogP contribution in [-0.2, 0) is 17.7 Å². The van der Waals surface area contributed by atoms with E-state index in [9.17, 15) is 0 Å². The van der Waals surface area contributed by atoms with E-state index in [1.54, 1.807) is 0 Å². The summed E-state index contributed by atoms with van der Waals surface area (Å²) in [5, 5.41) is 7.58. The van der Waals surface area contributed by atoms with E-state index in [1.165, 1.54) is 11.1 Å². The van der Waals surface area contributed by atoms with Crippen LogP contribution < -0.4 is 10.2 Å². The third-order valence-electron chi connectivity index (χ3n) is 4.10. The number of nitrogens with zero attached hydrogens (tertiary/aromatic N) is 3. The summed E-state index contributed by atoms with van der Waals surface area (Å²) in [6.07, 6.45) is 0.890. The largest absolute Gasteiger partial charge is 0.378 e. The van der Waals surface area contributed by atoms with E-state index in [4.69, 9.17) is 9.26 Å². The van der Waals surface area contributed by atoms with Gasteiger partial charge in [-0.15, -0.1) is 0 Å². The molecule has 2 aliphatic rings. The number of nitrogens with one attached hydrogen (secondary N) is 1. The van der Waals surface area contributed by atoms with E-state index >= 15 is 0 Å². The Morgan fingerprint density at radius 2 is 1.95 bits per heavy atom. The van der Waals surface area contributed by atoms with Crippen molar-refractivity contribution in [2.45, 2.75) is 19.0 Å². The van der Waals surface area contributed by atoms with Crippen molar-refractivity contribution in [3.8, 4) is 0 Å². The van der Waals surface area contributed by atoms with Crippen molar-refractivity contribution in [3.63, 3.8) is 0 Å². The van der Waals surface area contributed by atoms with Crippen LogP contribution in [0.5, 0.6) is 0 Å². The number of benzene rings is 1. The predicted molar refractivity (Wildman–Crippen MR) is 77.1 cm³/mol. The zero-order chi connectivity index (χ0) is 14.1. The molecule has 0 bridgehead atoms. The van der Waals surface area contributed by atoms with Crippen LogP contribution in [0.4, 0.5) is 5.95 Å². The van der Waals surface area contributed by atoms with Crippen LogP contribution in [0.3, 0.4) is 0 Å². The molecule has 2 aromatic rings. The Morgan fingerprint density at radius 3 is 2.81 bits per heavy atom. The Balaban J connectivity index is 1.51. The van der Waals surface area contributed by atoms with Crippen molar-refractivity contribution >= 4 is 5.95 Å². The van der Waals surface area contributed by atoms with Gasteiger partial charge in [0.05, 0.1) is 19.3 Å². The molecule has 2 aliphatic heterocycles. The highest BCUT2D eigenvalue weighted by Gasteiger charge is 2.25. The molecule has 0 unspecified atom stereocenters. The molecule has 3 heterocycles. The Morgan fingerprint density at radius 1 is 1.14 bits per heavy atom. The molecular weight excluding hydrogens is 268 g/mol. The Kier molecular flexibility index (Phi) is 3.33. The van der Waals surface area contributed by atoms with Crippen LogP contribution in [0, 0.1) is 0 Å². The first-order valence-corrected chi connectivity index (χ1v) is 7.36. The number of fused-ring (bicyclic) bond motifs is 1. The zero-order valence-corrected chi connectivity index (χ0v) is 11.8. The van der Waals surface area contributed by atoms with Crippen LogP contribution >= 0.6 is 0 Å². The SMILES string of the molecule is c1ccc2c(c1)CN[C@H](c1nc(N3CCOCC3)no1)C2. The highest BCUT2D eigenvalue weighted by atomic mass is 16.5. The highest BCUT2D eigenvalue weighted by molar-refractivity contribution is 5.32. The topological polar surface area (TPSA) is 63.4 Å². The maximum Gasteiger partial charge on any atom is 0.266 e. The van der Waals surface area contributed by atoms with Gasteiger partial charge in [-0.1, -0.05) is 24.3 Å². The van der Waals surface area contributed by atoms with E-state index in [-0.39, 0.29) is 6.04 Å². The second-order valence-corrected chi connectivity index (χ2v) is 5.44. The van der Waals surface area contributed by atoms with E-state index in [0.29, 0.717) is 11.8 Å². The molecule has 1 fully saturated rings. The summed E-state index contributed by atoms with van der Waals surface area (Å²) in [5.41, 5.74) is 2.70. The van der Waals surface area contributed by atoms with Crippen LogP contribution in [0.1, 0.15) is 23.1 Å². The molecule has 0 aliphatic carbocycles. The summed E-state index contributed by atoms with van der Waals surface area (Å²) < 4.78 is 10.8. The van der Waals surface area contributed by atoms with Gasteiger partial charge in [0, 0.05) is 19.6 Å². The molecular formula is C15H18N4O2. The summed E-state index contributed by atoms with van der Waals surface area (Å²) >= 11 is 0. The fraction of sp³-hybridized carbons (Fsp3) is 0.467. The monoisotopic (exact) mass is 286 g/mol. The van der Waals surface area contributed by atoms with Crippen LogP contribution in [-0.4, -0.2) is 36.4 Å². The van der Waals surface area contributed by atoms with E-state index in [2.05, 4.69) is 44.6 Å². The third-order valence-corrected chi connectivity index (χ3v) is 4.10. The molecule has 0 spiro atoms. The first kappa shape index (κ1) is 12.8. The lowest BCUT2D eigenvalue weighted by atomic mass is 9.96. The standard InChI is InChI=1S/C15H18N4O2/c1-2-4-12-10-16-13(9-11(12)3-1)14-17-15(18-21-14)19-5-7-20-8-6-19/h1-4,13,16H,5-10H2/t13-/m0/s1. The molecule has 1 saturated heterocycles. The van der Waals surface area contributed by atoms with Gasteiger partial charge in [0.1, 0.15) is 0 Å². The van der Waals surface area contributed by atoms with Gasteiger partial charge in [0.25, 0.3) is 5.95 Å². The normalized spacial score (nSPS) is 22.1. The molecule has 1 atom stereocenters. The van der Waals surface area contributed by atoms with Crippen molar-refractivity contribution in [1.29, 1.82) is 0 Å². The molecule has 1 N–H and O–H groups in total. The lowest BCUT2D eigenvalue weighted by molar-refractivity contribution is 0.121. The van der Waals surface area contributed by atoms with Gasteiger partial charge in [0.2, 0.25) is 5.89 Å². The second-order valence-electron chi connectivity index (χ2n) is 5.44. The average Bonchev–Trinajstić information content (AvgIpc) is 3.05. The number of aromatic nitrogens is 2. The molecule has 21 heavy (non-hydrogen) atoms. The molecule has 110 valence electrons. The van der Waals surface area contributed by atoms with Gasteiger partial charge in [-0.2, -0.15) is 4.98 Å². The number of morpholine rings is 1. The van der Waals surface area contributed by atoms with Crippen molar-refractivity contribution in [2.24, 2.45) is 0 Å². The minimum absolute atomic E-state index is 0.0993. The molecule has 4 rings (SSSR count). The summed E-state index contributed by atoms with van der Waals surface area (Å²) in [6.45, 7) is 3.92. The van der Waals surface area contributed by atoms with Gasteiger partial charge >= 0.3 is 0 Å². The van der Waals surface area contributed by atoms with E-state index < -0.39 is 0 Å². The summed E-state index contributed by atoms with van der Waals surface area (Å²) in [5.74, 6) is 1.35. The lowest BCUT2D eigenvalue weighted by Gasteiger charge is -2.25. The van der Waals surface area contributed by atoms with Crippen molar-refractivity contribution in [2.75, 3.05) is 31.2 Å². The summed E-state index contributed by atoms with van der Waals surface area (Å²) in [4.78, 5) is 6.67. The summed E-state index contributed by atoms with van der Waals surface area (Å²) in [7, 11) is 0. The van der Waals surface area contributed by atoms with Crippen molar-refractivity contribution in [1.82, 2.24) is 15.5 Å². The lowest BCUT2D eigenvalue weighted by Crippen LogP contribution is -2.37. The van der Waals surface area contributed by atoms with Gasteiger partial charge < -0.3 is 19.5 Å². The molecule has 1 aromatic carbocycles. The second kappa shape index (κ2) is 5.46. The number of anilines is 1. The van der Waals surface area contributed by atoms with Gasteiger partial charge in [-0.3, -0.25) is 0 Å². The minimum Gasteiger partial charge on any atom is -0.378 e. The fourth-order valence-corrected chi connectivity index (χ4v) is 2.89. The number of ether oxygens (including phenoxy) is 1. The Labute approximate surface area is 123 Å². The van der Waals surface area contributed by atoms with Crippen molar-refractivity contribution < 1.29 is 9.26 Å². The first-order chi connectivity index (χ1) is 10.4. The van der Waals surface area contributed by atoms with Crippen LogP contribution in [0.2, 0.25) is 0 Å². The van der Waals surface area contributed by atoms with Crippen LogP contribution in [0.25, 0.3) is 0 Å². The average molecular weight is 286 g/mol. The maximum atomic E-state index is 5.47. The van der Waals surface area contributed by atoms with Crippen molar-refractivity contribution in [3.05, 3.63) is 41.3 Å². The quantitative estimate of drug-likeness (QED) is 0.897. The van der Waals surface area contributed by atoms with Gasteiger partial charge in [0.15, 0.2) is 0 Å². The third kappa shape index (κ3) is 2.52. The molecule has 1 aromatic heterocycles. The smallest absolute Gasteiger partial charge is 0.266 e. The van der Waals surface area contributed by atoms with Gasteiger partial charge in [-0.05, 0) is 22.7 Å². The summed E-state index contributed by atoms with van der Waals surface area (Å²) in [6, 6.07) is 8.58. The first-order valence-electron chi connectivity index (χ1n) is 7.36. The van der Waals surface area contributed by atoms with E-state index in [1.807, 2.05) is 0 Å². The molecule has 0 saturated carbocycles. The number of hydrogen-bond acceptors (Lipinski definition) is 6. The Hall–Kier alpha value is -1.92. The van der Waals surface area contributed by atoms with E-state index in [0.717, 1.165) is 39.3 Å². The van der Waals surface area contributed by atoms with Crippen LogP contribution in [0.15, 0.2) is 28.8 Å². The maximum absolute atomic E-state index is 5.47. The predicted octanol–water partition coefficient (Wildman–Crippen LogP) is 1.29. The Bertz CT molecular complexity index is 622. The number of rotatable bonds is 2. The molecule has 0 radical (unpaired) electrons. The molecule has 6 nitrogen and oxygen atoms in total.